The van der Waals surface area contributed by atoms with E-state index in [1.165, 1.54) is 6.20 Å². The van der Waals surface area contributed by atoms with Gasteiger partial charge < -0.3 is 4.90 Å². The second-order valence-electron chi connectivity index (χ2n) is 3.83. The van der Waals surface area contributed by atoms with Crippen LogP contribution in [-0.2, 0) is 0 Å². The first-order valence-corrected chi connectivity index (χ1v) is 5.16. The Labute approximate surface area is 98.3 Å². The highest BCUT2D eigenvalue weighted by Gasteiger charge is 2.34. The summed E-state index contributed by atoms with van der Waals surface area (Å²) < 4.78 is 0. The van der Waals surface area contributed by atoms with Crippen LogP contribution in [-0.4, -0.2) is 30.6 Å². The lowest BCUT2D eigenvalue weighted by atomic mass is 10.1. The van der Waals surface area contributed by atoms with Crippen LogP contribution in [0, 0.1) is 0 Å². The number of rotatable bonds is 1. The van der Waals surface area contributed by atoms with Crippen molar-refractivity contribution in [3.05, 3.63) is 46.1 Å². The van der Waals surface area contributed by atoms with E-state index in [1.807, 2.05) is 0 Å². The molecule has 2 rings (SSSR count). The normalized spacial score (nSPS) is 16.8. The summed E-state index contributed by atoms with van der Waals surface area (Å²) in [6.07, 6.45) is 1.53. The minimum Gasteiger partial charge on any atom is -0.383 e. The first-order chi connectivity index (χ1) is 7.52. The number of carbonyl (C=O) groups is 2. The van der Waals surface area contributed by atoms with Gasteiger partial charge >= 0.3 is 0 Å². The second kappa shape index (κ2) is 3.76. The van der Waals surface area contributed by atoms with Crippen LogP contribution in [0.5, 0.6) is 0 Å². The number of halogens is 1. The van der Waals surface area contributed by atoms with Gasteiger partial charge in [-0.3, -0.25) is 9.59 Å². The van der Waals surface area contributed by atoms with Crippen molar-refractivity contribution in [3.63, 3.8) is 0 Å². The van der Waals surface area contributed by atoms with E-state index in [-0.39, 0.29) is 17.1 Å². The standard InChI is InChI=1S/C12H10ClNO2/c1-14(2)6-8-11(15)7-4-3-5-9(13)10(7)12(8)16/h3-6H,1-2H3. The van der Waals surface area contributed by atoms with Gasteiger partial charge in [-0.2, -0.15) is 0 Å². The van der Waals surface area contributed by atoms with Gasteiger partial charge in [-0.1, -0.05) is 23.7 Å². The maximum absolute atomic E-state index is 12.0. The number of allylic oxidation sites excluding steroid dienone is 1. The van der Waals surface area contributed by atoms with E-state index < -0.39 is 0 Å². The van der Waals surface area contributed by atoms with Crippen LogP contribution in [0.15, 0.2) is 30.0 Å². The van der Waals surface area contributed by atoms with Gasteiger partial charge in [-0.05, 0) is 6.07 Å². The van der Waals surface area contributed by atoms with Gasteiger partial charge in [0.05, 0.1) is 16.2 Å². The third kappa shape index (κ3) is 1.53. The fourth-order valence-corrected chi connectivity index (χ4v) is 1.96. The first kappa shape index (κ1) is 10.9. The van der Waals surface area contributed by atoms with Crippen LogP contribution in [0.25, 0.3) is 0 Å². The fraction of sp³-hybridized carbons (Fsp3) is 0.167. The van der Waals surface area contributed by atoms with E-state index in [1.54, 1.807) is 37.2 Å². The molecule has 0 radical (unpaired) electrons. The third-order valence-electron chi connectivity index (χ3n) is 2.36. The van der Waals surface area contributed by atoms with Crippen LogP contribution in [0.1, 0.15) is 20.7 Å². The molecule has 0 unspecified atom stereocenters. The quantitative estimate of drug-likeness (QED) is 0.553. The van der Waals surface area contributed by atoms with E-state index >= 15 is 0 Å². The van der Waals surface area contributed by atoms with Gasteiger partial charge in [0.1, 0.15) is 0 Å². The number of nitrogens with zero attached hydrogens (tertiary/aromatic N) is 1. The summed E-state index contributed by atoms with van der Waals surface area (Å²) in [7, 11) is 3.52. The molecule has 0 heterocycles. The number of hydrogen-bond donors (Lipinski definition) is 0. The first-order valence-electron chi connectivity index (χ1n) is 4.78. The monoisotopic (exact) mass is 235 g/mol. The molecule has 0 N–H and O–H groups in total. The molecule has 0 saturated heterocycles. The SMILES string of the molecule is CN(C)C=C1C(=O)c2cccc(Cl)c2C1=O. The van der Waals surface area contributed by atoms with Gasteiger partial charge in [-0.15, -0.1) is 0 Å². The molecule has 0 atom stereocenters. The largest absolute Gasteiger partial charge is 0.383 e. The van der Waals surface area contributed by atoms with E-state index in [0.29, 0.717) is 16.1 Å². The molecular weight excluding hydrogens is 226 g/mol. The highest BCUT2D eigenvalue weighted by atomic mass is 35.5. The van der Waals surface area contributed by atoms with Crippen LogP contribution in [0.2, 0.25) is 5.02 Å². The maximum Gasteiger partial charge on any atom is 0.200 e. The number of hydrogen-bond acceptors (Lipinski definition) is 3. The molecule has 0 fully saturated rings. The van der Waals surface area contributed by atoms with E-state index in [4.69, 9.17) is 11.6 Å². The Morgan fingerprint density at radius 1 is 1.19 bits per heavy atom. The topological polar surface area (TPSA) is 37.4 Å². The lowest BCUT2D eigenvalue weighted by molar-refractivity contribution is 0.0986. The minimum absolute atomic E-state index is 0.174. The Morgan fingerprint density at radius 2 is 1.88 bits per heavy atom. The van der Waals surface area contributed by atoms with Crippen molar-refractivity contribution in [1.82, 2.24) is 4.90 Å². The van der Waals surface area contributed by atoms with Gasteiger partial charge in [-0.25, -0.2) is 0 Å². The molecule has 0 spiro atoms. The molecule has 0 amide bonds. The molecule has 0 aromatic heterocycles. The molecule has 1 aromatic rings. The summed E-state index contributed by atoms with van der Waals surface area (Å²) in [6.45, 7) is 0. The smallest absolute Gasteiger partial charge is 0.200 e. The van der Waals surface area contributed by atoms with Crippen molar-refractivity contribution in [2.75, 3.05) is 14.1 Å². The average molecular weight is 236 g/mol. The predicted molar refractivity (Wildman–Crippen MR) is 61.9 cm³/mol. The number of fused-ring (bicyclic) bond motifs is 1. The van der Waals surface area contributed by atoms with Gasteiger partial charge in [0, 0.05) is 25.9 Å². The molecule has 1 aliphatic carbocycles. The average Bonchev–Trinajstić information content (AvgIpc) is 2.44. The fourth-order valence-electron chi connectivity index (χ4n) is 1.70. The summed E-state index contributed by atoms with van der Waals surface area (Å²) in [5.41, 5.74) is 0.890. The van der Waals surface area contributed by atoms with Gasteiger partial charge in [0.15, 0.2) is 5.78 Å². The van der Waals surface area contributed by atoms with E-state index in [2.05, 4.69) is 0 Å². The zero-order valence-electron chi connectivity index (χ0n) is 8.95. The number of benzene rings is 1. The Bertz CT molecular complexity index is 518. The summed E-state index contributed by atoms with van der Waals surface area (Å²) in [5, 5.41) is 0.331. The molecule has 3 nitrogen and oxygen atoms in total. The maximum atomic E-state index is 12.0. The summed E-state index contributed by atoms with van der Waals surface area (Å²) in [4.78, 5) is 25.6. The van der Waals surface area contributed by atoms with Crippen LogP contribution in [0.4, 0.5) is 0 Å². The van der Waals surface area contributed by atoms with Crippen molar-refractivity contribution in [2.24, 2.45) is 0 Å². The van der Waals surface area contributed by atoms with E-state index in [0.717, 1.165) is 0 Å². The zero-order chi connectivity index (χ0) is 11.9. The molecule has 1 aliphatic rings. The molecule has 16 heavy (non-hydrogen) atoms. The Balaban J connectivity index is 2.62. The van der Waals surface area contributed by atoms with Crippen molar-refractivity contribution in [2.45, 2.75) is 0 Å². The molecule has 0 bridgehead atoms. The zero-order valence-corrected chi connectivity index (χ0v) is 9.71. The van der Waals surface area contributed by atoms with Crippen LogP contribution >= 0.6 is 11.6 Å². The third-order valence-corrected chi connectivity index (χ3v) is 2.68. The van der Waals surface area contributed by atoms with Crippen LogP contribution < -0.4 is 0 Å². The summed E-state index contributed by atoms with van der Waals surface area (Å²) in [5.74, 6) is -0.546. The van der Waals surface area contributed by atoms with Crippen molar-refractivity contribution in [1.29, 1.82) is 0 Å². The molecule has 82 valence electrons. The number of Topliss-reactive ketones (excluding diaryl/α,β-unsaturated/α-hetero) is 2. The number of carbonyl (C=O) groups excluding carboxylic acids is 2. The summed E-state index contributed by atoms with van der Waals surface area (Å²) >= 11 is 5.92. The lowest BCUT2D eigenvalue weighted by Crippen LogP contribution is -2.09. The highest BCUT2D eigenvalue weighted by Crippen LogP contribution is 2.31. The molecule has 1 aromatic carbocycles. The minimum atomic E-state index is -0.292. The van der Waals surface area contributed by atoms with Crippen molar-refractivity contribution in [3.8, 4) is 0 Å². The molecule has 4 heteroatoms. The lowest BCUT2D eigenvalue weighted by Gasteiger charge is -2.04. The molecule has 0 saturated carbocycles. The molecular formula is C12H10ClNO2. The van der Waals surface area contributed by atoms with E-state index in [9.17, 15) is 9.59 Å². The molecule has 0 aliphatic heterocycles. The highest BCUT2D eigenvalue weighted by molar-refractivity contribution is 6.45. The van der Waals surface area contributed by atoms with Crippen LogP contribution in [0.3, 0.4) is 0 Å². The van der Waals surface area contributed by atoms with Gasteiger partial charge in [0.25, 0.3) is 0 Å². The van der Waals surface area contributed by atoms with Crippen molar-refractivity contribution < 1.29 is 9.59 Å². The Morgan fingerprint density at radius 3 is 2.44 bits per heavy atom. The summed E-state index contributed by atoms with van der Waals surface area (Å²) in [6, 6.07) is 4.91. The Kier molecular flexibility index (Phi) is 2.56. The van der Waals surface area contributed by atoms with Gasteiger partial charge in [0.2, 0.25) is 5.78 Å². The predicted octanol–water partition coefficient (Wildman–Crippen LogP) is 2.16. The van der Waals surface area contributed by atoms with Crippen molar-refractivity contribution >= 4 is 23.2 Å². The Hall–Kier alpha value is -1.61. The number of ketones is 2. The second-order valence-corrected chi connectivity index (χ2v) is 4.23.